The number of amides is 1. The van der Waals surface area contributed by atoms with Gasteiger partial charge in [0.05, 0.1) is 6.20 Å². The van der Waals surface area contributed by atoms with Gasteiger partial charge in [-0.15, -0.1) is 5.10 Å². The Labute approximate surface area is 137 Å². The van der Waals surface area contributed by atoms with E-state index in [4.69, 9.17) is 9.94 Å². The van der Waals surface area contributed by atoms with E-state index in [0.717, 1.165) is 12.0 Å². The Kier molecular flexibility index (Phi) is 4.86. The van der Waals surface area contributed by atoms with Gasteiger partial charge in [-0.25, -0.2) is 5.48 Å². The lowest BCUT2D eigenvalue weighted by Gasteiger charge is -2.11. The topological polar surface area (TPSA) is 130 Å². The van der Waals surface area contributed by atoms with Crippen LogP contribution in [0.4, 0.5) is 0 Å². The third kappa shape index (κ3) is 3.29. The van der Waals surface area contributed by atoms with Gasteiger partial charge in [-0.05, 0) is 12.0 Å². The number of nitrogens with one attached hydrogen (secondary N) is 1. The van der Waals surface area contributed by atoms with Crippen molar-refractivity contribution in [2.75, 3.05) is 0 Å². The number of nitrogens with zero attached hydrogens (tertiary/aromatic N) is 3. The van der Waals surface area contributed by atoms with Crippen LogP contribution in [-0.2, 0) is 22.5 Å². The van der Waals surface area contributed by atoms with Gasteiger partial charge >= 0.3 is 0 Å². The van der Waals surface area contributed by atoms with Crippen LogP contribution in [-0.4, -0.2) is 54.6 Å². The van der Waals surface area contributed by atoms with Crippen LogP contribution in [0.3, 0.4) is 0 Å². The molecular weight excluding hydrogens is 316 g/mol. The van der Waals surface area contributed by atoms with Crippen LogP contribution < -0.4 is 5.48 Å². The summed E-state index contributed by atoms with van der Waals surface area (Å²) in [5.41, 5.74) is 2.86. The van der Waals surface area contributed by atoms with E-state index < -0.39 is 30.3 Å². The molecule has 9 heteroatoms. The van der Waals surface area contributed by atoms with Gasteiger partial charge in [-0.2, -0.15) is 0 Å². The fourth-order valence-electron chi connectivity index (χ4n) is 2.64. The summed E-state index contributed by atoms with van der Waals surface area (Å²) in [6, 6.07) is 9.88. The number of aryl methyl sites for hydroxylation is 2. The molecule has 24 heavy (non-hydrogen) atoms. The highest BCUT2D eigenvalue weighted by molar-refractivity contribution is 5.80. The van der Waals surface area contributed by atoms with Crippen molar-refractivity contribution < 1.29 is 25.0 Å². The van der Waals surface area contributed by atoms with Crippen molar-refractivity contribution in [2.45, 2.75) is 37.4 Å². The highest BCUT2D eigenvalue weighted by Crippen LogP contribution is 2.32. The van der Waals surface area contributed by atoms with E-state index in [1.54, 1.807) is 10.9 Å². The van der Waals surface area contributed by atoms with Crippen LogP contribution in [0.25, 0.3) is 0 Å². The van der Waals surface area contributed by atoms with Crippen LogP contribution in [0, 0.1) is 0 Å². The Morgan fingerprint density at radius 3 is 2.71 bits per heavy atom. The lowest BCUT2D eigenvalue weighted by molar-refractivity contribution is -0.144. The van der Waals surface area contributed by atoms with Crippen LogP contribution in [0.1, 0.15) is 17.4 Å². The van der Waals surface area contributed by atoms with Crippen molar-refractivity contribution in [3.05, 3.63) is 47.8 Å². The Hall–Kier alpha value is -2.33. The molecule has 1 aromatic heterocycles. The molecular formula is C15H18N4O5. The highest BCUT2D eigenvalue weighted by Gasteiger charge is 2.48. The summed E-state index contributed by atoms with van der Waals surface area (Å²) >= 11 is 0. The molecule has 1 amide bonds. The van der Waals surface area contributed by atoms with E-state index in [9.17, 15) is 15.0 Å². The molecule has 2 heterocycles. The van der Waals surface area contributed by atoms with Crippen LogP contribution in [0.15, 0.2) is 36.5 Å². The summed E-state index contributed by atoms with van der Waals surface area (Å²) in [7, 11) is 0. The first-order chi connectivity index (χ1) is 11.6. The molecule has 128 valence electrons. The van der Waals surface area contributed by atoms with E-state index in [0.29, 0.717) is 12.2 Å². The third-order valence-corrected chi connectivity index (χ3v) is 3.95. The SMILES string of the molecule is O=C(NO)[C@H]1O[C@H](c2cn(CCc3ccccc3)nn2)[C@@H](O)[C@H]1O. The van der Waals surface area contributed by atoms with Gasteiger partial charge in [-0.1, -0.05) is 35.5 Å². The highest BCUT2D eigenvalue weighted by atomic mass is 16.6. The predicted molar refractivity (Wildman–Crippen MR) is 79.7 cm³/mol. The number of aromatic nitrogens is 3. The van der Waals surface area contributed by atoms with Crippen molar-refractivity contribution in [3.63, 3.8) is 0 Å². The maximum absolute atomic E-state index is 11.4. The van der Waals surface area contributed by atoms with Crippen molar-refractivity contribution in [3.8, 4) is 0 Å². The van der Waals surface area contributed by atoms with E-state index in [2.05, 4.69) is 10.3 Å². The maximum atomic E-state index is 11.4. The Morgan fingerprint density at radius 2 is 2.00 bits per heavy atom. The molecule has 4 N–H and O–H groups in total. The van der Waals surface area contributed by atoms with Crippen molar-refractivity contribution in [2.24, 2.45) is 0 Å². The molecule has 0 saturated carbocycles. The van der Waals surface area contributed by atoms with Gasteiger partial charge in [0.25, 0.3) is 5.91 Å². The molecule has 9 nitrogen and oxygen atoms in total. The molecule has 1 fully saturated rings. The first-order valence-corrected chi connectivity index (χ1v) is 7.49. The fraction of sp³-hybridized carbons (Fsp3) is 0.400. The molecule has 1 aromatic carbocycles. The smallest absolute Gasteiger partial charge is 0.275 e. The van der Waals surface area contributed by atoms with Crippen LogP contribution in [0.5, 0.6) is 0 Å². The monoisotopic (exact) mass is 334 g/mol. The second-order valence-electron chi connectivity index (χ2n) is 5.58. The maximum Gasteiger partial charge on any atom is 0.275 e. The number of rotatable bonds is 5. The van der Waals surface area contributed by atoms with Gasteiger partial charge in [0.15, 0.2) is 6.10 Å². The second kappa shape index (κ2) is 7.05. The number of ether oxygens (including phenoxy) is 1. The van der Waals surface area contributed by atoms with E-state index in [-0.39, 0.29) is 0 Å². The Balaban J connectivity index is 1.66. The number of aliphatic hydroxyl groups excluding tert-OH is 2. The lowest BCUT2D eigenvalue weighted by atomic mass is 10.1. The lowest BCUT2D eigenvalue weighted by Crippen LogP contribution is -2.41. The molecule has 0 spiro atoms. The van der Waals surface area contributed by atoms with Gasteiger partial charge in [0.2, 0.25) is 0 Å². The van der Waals surface area contributed by atoms with Crippen molar-refractivity contribution in [1.82, 2.24) is 20.5 Å². The predicted octanol–water partition coefficient (Wildman–Crippen LogP) is -0.812. The summed E-state index contributed by atoms with van der Waals surface area (Å²) in [6.45, 7) is 0.586. The molecule has 2 aromatic rings. The van der Waals surface area contributed by atoms with E-state index in [1.807, 2.05) is 30.3 Å². The zero-order valence-corrected chi connectivity index (χ0v) is 12.7. The molecule has 0 radical (unpaired) electrons. The van der Waals surface area contributed by atoms with E-state index in [1.165, 1.54) is 5.48 Å². The fourth-order valence-corrected chi connectivity index (χ4v) is 2.64. The van der Waals surface area contributed by atoms with Crippen molar-refractivity contribution in [1.29, 1.82) is 0 Å². The Morgan fingerprint density at radius 1 is 1.25 bits per heavy atom. The van der Waals surface area contributed by atoms with Gasteiger partial charge in [0.1, 0.15) is 24.0 Å². The number of carbonyl (C=O) groups excluding carboxylic acids is 1. The standard InChI is InChI=1S/C15H18N4O5/c20-11-12(21)14(15(22)17-23)24-13(11)10-8-19(18-16-10)7-6-9-4-2-1-3-5-9/h1-5,8,11-14,20-21,23H,6-7H2,(H,17,22)/t11-,12+,13+,14-/m0/s1. The van der Waals surface area contributed by atoms with E-state index >= 15 is 0 Å². The zero-order chi connectivity index (χ0) is 17.1. The summed E-state index contributed by atoms with van der Waals surface area (Å²) in [5.74, 6) is -0.930. The summed E-state index contributed by atoms with van der Waals surface area (Å²) in [5, 5.41) is 36.4. The van der Waals surface area contributed by atoms with Gasteiger partial charge < -0.3 is 14.9 Å². The first-order valence-electron chi connectivity index (χ1n) is 7.49. The number of carbonyl (C=O) groups is 1. The number of aliphatic hydroxyl groups is 2. The largest absolute Gasteiger partial charge is 0.387 e. The molecule has 0 unspecified atom stereocenters. The number of hydrogen-bond donors (Lipinski definition) is 4. The zero-order valence-electron chi connectivity index (χ0n) is 12.7. The minimum atomic E-state index is -1.46. The van der Waals surface area contributed by atoms with Crippen molar-refractivity contribution >= 4 is 5.91 Å². The third-order valence-electron chi connectivity index (χ3n) is 3.95. The molecule has 0 bridgehead atoms. The molecule has 1 saturated heterocycles. The number of benzene rings is 1. The molecule has 4 atom stereocenters. The van der Waals surface area contributed by atoms with Crippen LogP contribution in [0.2, 0.25) is 0 Å². The molecule has 3 rings (SSSR count). The molecule has 1 aliphatic heterocycles. The second-order valence-corrected chi connectivity index (χ2v) is 5.58. The average molecular weight is 334 g/mol. The first kappa shape index (κ1) is 16.5. The normalized spacial score (nSPS) is 26.5. The van der Waals surface area contributed by atoms with Crippen LogP contribution >= 0.6 is 0 Å². The molecule has 0 aliphatic carbocycles. The minimum absolute atomic E-state index is 0.308. The van der Waals surface area contributed by atoms with Gasteiger partial charge in [-0.3, -0.25) is 14.7 Å². The average Bonchev–Trinajstić information content (AvgIpc) is 3.19. The molecule has 1 aliphatic rings. The quantitative estimate of drug-likeness (QED) is 0.415. The number of hydrogen-bond acceptors (Lipinski definition) is 7. The van der Waals surface area contributed by atoms with Gasteiger partial charge in [0, 0.05) is 6.54 Å². The summed E-state index contributed by atoms with van der Waals surface area (Å²) in [6.07, 6.45) is -2.81. The number of hydroxylamine groups is 1. The minimum Gasteiger partial charge on any atom is -0.387 e. The Bertz CT molecular complexity index is 692. The summed E-state index contributed by atoms with van der Waals surface area (Å²) in [4.78, 5) is 11.4. The summed E-state index contributed by atoms with van der Waals surface area (Å²) < 4.78 is 6.91.